The zero-order valence-corrected chi connectivity index (χ0v) is 15.1. The standard InChI is InChI=1S/C22H18ClNO2/c1-14-9-18(23)6-8-20(14)16-4-2-3-15(10-16)13-26-19-7-5-17-12-24-22(25)21(17)11-19/h2-11H,12-13H2,1H3,(H,24,25). The molecule has 26 heavy (non-hydrogen) atoms. The summed E-state index contributed by atoms with van der Waals surface area (Å²) < 4.78 is 5.90. The van der Waals surface area contributed by atoms with Crippen molar-refractivity contribution in [3.8, 4) is 16.9 Å². The van der Waals surface area contributed by atoms with Crippen LogP contribution in [0.25, 0.3) is 11.1 Å². The van der Waals surface area contributed by atoms with Crippen LogP contribution in [0.5, 0.6) is 5.75 Å². The topological polar surface area (TPSA) is 38.3 Å². The normalized spacial score (nSPS) is 12.6. The zero-order valence-electron chi connectivity index (χ0n) is 14.4. The predicted molar refractivity (Wildman–Crippen MR) is 104 cm³/mol. The number of carbonyl (C=O) groups excluding carboxylic acids is 1. The Morgan fingerprint density at radius 2 is 1.92 bits per heavy atom. The van der Waals surface area contributed by atoms with Crippen LogP contribution in [0.15, 0.2) is 60.7 Å². The van der Waals surface area contributed by atoms with Gasteiger partial charge in [-0.1, -0.05) is 41.9 Å². The van der Waals surface area contributed by atoms with Gasteiger partial charge in [0.2, 0.25) is 0 Å². The van der Waals surface area contributed by atoms with Crippen molar-refractivity contribution in [2.24, 2.45) is 0 Å². The second-order valence-corrected chi connectivity index (χ2v) is 6.89. The van der Waals surface area contributed by atoms with E-state index in [4.69, 9.17) is 16.3 Å². The van der Waals surface area contributed by atoms with Gasteiger partial charge < -0.3 is 10.1 Å². The Kier molecular flexibility index (Phi) is 4.39. The van der Waals surface area contributed by atoms with Crippen LogP contribution in [0, 0.1) is 6.92 Å². The van der Waals surface area contributed by atoms with Gasteiger partial charge in [0, 0.05) is 17.1 Å². The lowest BCUT2D eigenvalue weighted by Gasteiger charge is -2.11. The maximum absolute atomic E-state index is 11.8. The summed E-state index contributed by atoms with van der Waals surface area (Å²) in [6.07, 6.45) is 0. The lowest BCUT2D eigenvalue weighted by molar-refractivity contribution is 0.0965. The molecule has 130 valence electrons. The molecule has 1 N–H and O–H groups in total. The van der Waals surface area contributed by atoms with Gasteiger partial charge in [-0.25, -0.2) is 0 Å². The van der Waals surface area contributed by atoms with Gasteiger partial charge >= 0.3 is 0 Å². The molecule has 3 nitrogen and oxygen atoms in total. The number of amides is 1. The first-order chi connectivity index (χ1) is 12.6. The van der Waals surface area contributed by atoms with E-state index in [1.807, 2.05) is 48.5 Å². The van der Waals surface area contributed by atoms with Crippen molar-refractivity contribution >= 4 is 17.5 Å². The molecule has 3 aromatic rings. The van der Waals surface area contributed by atoms with Crippen molar-refractivity contribution < 1.29 is 9.53 Å². The Labute approximate surface area is 157 Å². The summed E-state index contributed by atoms with van der Waals surface area (Å²) in [5.74, 6) is 0.666. The third kappa shape index (κ3) is 3.31. The summed E-state index contributed by atoms with van der Waals surface area (Å²) in [7, 11) is 0. The second kappa shape index (κ2) is 6.85. The molecule has 1 aliphatic rings. The quantitative estimate of drug-likeness (QED) is 0.697. The average Bonchev–Trinajstić information content (AvgIpc) is 3.01. The molecule has 1 amide bonds. The molecule has 3 aromatic carbocycles. The first-order valence-corrected chi connectivity index (χ1v) is 8.87. The summed E-state index contributed by atoms with van der Waals surface area (Å²) in [5.41, 5.74) is 6.22. The molecule has 0 fully saturated rings. The molecule has 0 aromatic heterocycles. The van der Waals surface area contributed by atoms with E-state index >= 15 is 0 Å². The lowest BCUT2D eigenvalue weighted by Crippen LogP contribution is -2.12. The van der Waals surface area contributed by atoms with E-state index in [-0.39, 0.29) is 5.91 Å². The Morgan fingerprint density at radius 1 is 1.04 bits per heavy atom. The van der Waals surface area contributed by atoms with Crippen LogP contribution in [0.4, 0.5) is 0 Å². The first kappa shape index (κ1) is 16.7. The summed E-state index contributed by atoms with van der Waals surface area (Å²) in [6.45, 7) is 3.10. The molecule has 0 bridgehead atoms. The number of carbonyl (C=O) groups is 1. The molecule has 0 saturated carbocycles. The van der Waals surface area contributed by atoms with Gasteiger partial charge in [-0.15, -0.1) is 0 Å². The van der Waals surface area contributed by atoms with E-state index in [9.17, 15) is 4.79 Å². The van der Waals surface area contributed by atoms with Gasteiger partial charge in [-0.05, 0) is 65.1 Å². The fraction of sp³-hybridized carbons (Fsp3) is 0.136. The predicted octanol–water partition coefficient (Wildman–Crippen LogP) is 5.14. The highest BCUT2D eigenvalue weighted by Gasteiger charge is 2.19. The van der Waals surface area contributed by atoms with Gasteiger partial charge in [0.1, 0.15) is 12.4 Å². The number of aryl methyl sites for hydroxylation is 1. The van der Waals surface area contributed by atoms with Crippen LogP contribution in [0.1, 0.15) is 27.0 Å². The fourth-order valence-electron chi connectivity index (χ4n) is 3.23. The van der Waals surface area contributed by atoms with Gasteiger partial charge in [0.05, 0.1) is 0 Å². The van der Waals surface area contributed by atoms with Gasteiger partial charge in [-0.2, -0.15) is 0 Å². The number of fused-ring (bicyclic) bond motifs is 1. The third-order valence-corrected chi connectivity index (χ3v) is 4.83. The van der Waals surface area contributed by atoms with Crippen molar-refractivity contribution in [3.05, 3.63) is 87.9 Å². The summed E-state index contributed by atoms with van der Waals surface area (Å²) in [4.78, 5) is 11.8. The molecule has 0 saturated heterocycles. The molecule has 0 aliphatic carbocycles. The van der Waals surface area contributed by atoms with Crippen molar-refractivity contribution in [1.82, 2.24) is 5.32 Å². The van der Waals surface area contributed by atoms with E-state index in [1.165, 1.54) is 0 Å². The van der Waals surface area contributed by atoms with Crippen molar-refractivity contribution in [3.63, 3.8) is 0 Å². The van der Waals surface area contributed by atoms with Crippen LogP contribution < -0.4 is 10.1 Å². The molecular formula is C22H18ClNO2. The molecule has 4 heteroatoms. The van der Waals surface area contributed by atoms with Crippen LogP contribution in [-0.4, -0.2) is 5.91 Å². The summed E-state index contributed by atoms with van der Waals surface area (Å²) in [6, 6.07) is 19.8. The third-order valence-electron chi connectivity index (χ3n) is 4.60. The molecule has 0 unspecified atom stereocenters. The number of nitrogens with one attached hydrogen (secondary N) is 1. The van der Waals surface area contributed by atoms with Gasteiger partial charge in [-0.3, -0.25) is 4.79 Å². The van der Waals surface area contributed by atoms with Gasteiger partial charge in [0.15, 0.2) is 0 Å². The molecule has 0 atom stereocenters. The fourth-order valence-corrected chi connectivity index (χ4v) is 3.45. The SMILES string of the molecule is Cc1cc(Cl)ccc1-c1cccc(COc2ccc3c(c2)C(=O)NC3)c1. The molecule has 0 radical (unpaired) electrons. The maximum atomic E-state index is 11.8. The molecular weight excluding hydrogens is 346 g/mol. The van der Waals surface area contributed by atoms with Crippen molar-refractivity contribution in [2.75, 3.05) is 0 Å². The van der Waals surface area contributed by atoms with E-state index in [2.05, 4.69) is 24.4 Å². The summed E-state index contributed by atoms with van der Waals surface area (Å²) in [5, 5.41) is 3.56. The summed E-state index contributed by atoms with van der Waals surface area (Å²) >= 11 is 6.06. The van der Waals surface area contributed by atoms with Crippen LogP contribution in [-0.2, 0) is 13.2 Å². The highest BCUT2D eigenvalue weighted by atomic mass is 35.5. The molecule has 4 rings (SSSR count). The van der Waals surface area contributed by atoms with Crippen LogP contribution >= 0.6 is 11.6 Å². The maximum Gasteiger partial charge on any atom is 0.252 e. The average molecular weight is 364 g/mol. The highest BCUT2D eigenvalue weighted by Crippen LogP contribution is 2.27. The molecule has 0 spiro atoms. The van der Waals surface area contributed by atoms with Crippen LogP contribution in [0.2, 0.25) is 5.02 Å². The van der Waals surface area contributed by atoms with E-state index in [1.54, 1.807) is 0 Å². The smallest absolute Gasteiger partial charge is 0.252 e. The second-order valence-electron chi connectivity index (χ2n) is 6.45. The minimum atomic E-state index is -0.0364. The molecule has 1 aliphatic heterocycles. The Hall–Kier alpha value is -2.78. The Bertz CT molecular complexity index is 997. The molecule has 1 heterocycles. The Balaban J connectivity index is 1.53. The minimum Gasteiger partial charge on any atom is -0.489 e. The largest absolute Gasteiger partial charge is 0.489 e. The van der Waals surface area contributed by atoms with Crippen LogP contribution in [0.3, 0.4) is 0 Å². The number of hydrogen-bond acceptors (Lipinski definition) is 2. The number of halogens is 1. The number of benzene rings is 3. The number of ether oxygens (including phenoxy) is 1. The minimum absolute atomic E-state index is 0.0364. The van der Waals surface area contributed by atoms with E-state index < -0.39 is 0 Å². The van der Waals surface area contributed by atoms with Gasteiger partial charge in [0.25, 0.3) is 5.91 Å². The Morgan fingerprint density at radius 3 is 2.77 bits per heavy atom. The first-order valence-electron chi connectivity index (χ1n) is 8.49. The zero-order chi connectivity index (χ0) is 18.1. The number of hydrogen-bond donors (Lipinski definition) is 1. The van der Waals surface area contributed by atoms with E-state index in [0.29, 0.717) is 24.5 Å². The number of rotatable bonds is 4. The van der Waals surface area contributed by atoms with E-state index in [0.717, 1.165) is 32.8 Å². The monoisotopic (exact) mass is 363 g/mol. The van der Waals surface area contributed by atoms with Crippen molar-refractivity contribution in [1.29, 1.82) is 0 Å². The lowest BCUT2D eigenvalue weighted by atomic mass is 9.99. The highest BCUT2D eigenvalue weighted by molar-refractivity contribution is 6.30. The van der Waals surface area contributed by atoms with Crippen molar-refractivity contribution in [2.45, 2.75) is 20.1 Å².